The second-order valence-corrected chi connectivity index (χ2v) is 7.96. The first-order valence-corrected chi connectivity index (χ1v) is 10.7. The van der Waals surface area contributed by atoms with E-state index in [1.54, 1.807) is 13.3 Å². The van der Waals surface area contributed by atoms with Crippen LogP contribution in [0.3, 0.4) is 0 Å². The number of carbonyl (C=O) groups excluding carboxylic acids is 1. The molecule has 0 radical (unpaired) electrons. The highest BCUT2D eigenvalue weighted by Gasteiger charge is 2.40. The molecule has 0 atom stereocenters. The monoisotopic (exact) mass is 416 g/mol. The molecule has 1 amide bonds. The number of amides is 1. The molecule has 1 saturated heterocycles. The summed E-state index contributed by atoms with van der Waals surface area (Å²) in [5, 5.41) is 3.18. The van der Waals surface area contributed by atoms with Crippen LogP contribution in [0.2, 0.25) is 0 Å². The highest BCUT2D eigenvalue weighted by molar-refractivity contribution is 5.83. The average molecular weight is 417 g/mol. The van der Waals surface area contributed by atoms with Crippen LogP contribution in [0, 0.1) is 5.41 Å². The average Bonchev–Trinajstić information content (AvgIpc) is 2.84. The molecule has 160 valence electrons. The summed E-state index contributed by atoms with van der Waals surface area (Å²) in [5.74, 6) is 0.855. The summed E-state index contributed by atoms with van der Waals surface area (Å²) in [6.45, 7) is 1.63. The van der Waals surface area contributed by atoms with Gasteiger partial charge in [-0.05, 0) is 42.5 Å². The summed E-state index contributed by atoms with van der Waals surface area (Å²) < 4.78 is 11.0. The molecule has 1 fully saturated rings. The van der Waals surface area contributed by atoms with Crippen molar-refractivity contribution in [1.82, 2.24) is 10.3 Å². The van der Waals surface area contributed by atoms with Crippen LogP contribution in [0.4, 0.5) is 0 Å². The number of pyridine rings is 1. The van der Waals surface area contributed by atoms with Crippen molar-refractivity contribution in [3.8, 4) is 16.9 Å². The minimum absolute atomic E-state index is 0.0719. The zero-order chi connectivity index (χ0) is 21.5. The molecular formula is C26H28N2O3. The van der Waals surface area contributed by atoms with Gasteiger partial charge in [0.2, 0.25) is 5.91 Å². The number of carbonyl (C=O) groups is 1. The molecule has 5 heteroatoms. The largest absolute Gasteiger partial charge is 0.496 e. The summed E-state index contributed by atoms with van der Waals surface area (Å²) in [6, 6.07) is 20.1. The molecule has 5 nitrogen and oxygen atoms in total. The molecule has 1 N–H and O–H groups in total. The Morgan fingerprint density at radius 1 is 1.03 bits per heavy atom. The van der Waals surface area contributed by atoms with E-state index in [9.17, 15) is 4.79 Å². The number of nitrogens with zero attached hydrogens (tertiary/aromatic N) is 1. The first-order valence-electron chi connectivity index (χ1n) is 10.7. The van der Waals surface area contributed by atoms with Gasteiger partial charge in [-0.15, -0.1) is 0 Å². The Balaban J connectivity index is 1.58. The third-order valence-electron chi connectivity index (χ3n) is 6.08. The zero-order valence-corrected chi connectivity index (χ0v) is 17.8. The molecular weight excluding hydrogens is 388 g/mol. The van der Waals surface area contributed by atoms with Crippen LogP contribution in [0.5, 0.6) is 5.75 Å². The first-order chi connectivity index (χ1) is 15.2. The van der Waals surface area contributed by atoms with Gasteiger partial charge in [-0.25, -0.2) is 0 Å². The van der Waals surface area contributed by atoms with Crippen molar-refractivity contribution in [3.63, 3.8) is 0 Å². The Labute approximate surface area is 183 Å². The van der Waals surface area contributed by atoms with Crippen LogP contribution in [-0.2, 0) is 22.5 Å². The molecule has 0 bridgehead atoms. The molecule has 0 aliphatic carbocycles. The van der Waals surface area contributed by atoms with E-state index in [-0.39, 0.29) is 5.91 Å². The Morgan fingerprint density at radius 3 is 2.52 bits per heavy atom. The summed E-state index contributed by atoms with van der Waals surface area (Å²) >= 11 is 0. The number of ether oxygens (including phenoxy) is 2. The summed E-state index contributed by atoms with van der Waals surface area (Å²) in [4.78, 5) is 17.8. The first kappa shape index (κ1) is 21.1. The maximum absolute atomic E-state index is 13.5. The number of para-hydroxylation sites is 1. The van der Waals surface area contributed by atoms with Gasteiger partial charge in [-0.3, -0.25) is 9.78 Å². The number of hydrogen-bond donors (Lipinski definition) is 1. The van der Waals surface area contributed by atoms with Gasteiger partial charge in [-0.1, -0.05) is 48.5 Å². The van der Waals surface area contributed by atoms with Gasteiger partial charge in [-0.2, -0.15) is 0 Å². The predicted octanol–water partition coefficient (Wildman–Crippen LogP) is 4.41. The Hall–Kier alpha value is -3.18. The van der Waals surface area contributed by atoms with E-state index < -0.39 is 5.41 Å². The third-order valence-corrected chi connectivity index (χ3v) is 6.08. The minimum Gasteiger partial charge on any atom is -0.496 e. The lowest BCUT2D eigenvalue weighted by Crippen LogP contribution is -2.46. The number of aromatic nitrogens is 1. The lowest BCUT2D eigenvalue weighted by molar-refractivity contribution is -0.136. The van der Waals surface area contributed by atoms with E-state index in [1.165, 1.54) is 0 Å². The Morgan fingerprint density at radius 2 is 1.77 bits per heavy atom. The molecule has 1 aliphatic rings. The molecule has 1 aromatic heterocycles. The van der Waals surface area contributed by atoms with Gasteiger partial charge < -0.3 is 14.8 Å². The molecule has 0 saturated carbocycles. The van der Waals surface area contributed by atoms with E-state index in [2.05, 4.69) is 28.5 Å². The van der Waals surface area contributed by atoms with Gasteiger partial charge in [0.25, 0.3) is 0 Å². The summed E-state index contributed by atoms with van der Waals surface area (Å²) in [6.07, 6.45) is 5.71. The van der Waals surface area contributed by atoms with E-state index in [1.807, 2.05) is 48.7 Å². The lowest BCUT2D eigenvalue weighted by Gasteiger charge is -2.36. The standard InChI is InChI=1S/C26H28N2O3/c1-30-24-11-5-3-8-22(24)19-28-25(29)26(12-15-31-16-13-26)17-20-7-2-4-10-23(20)21-9-6-14-27-18-21/h2-11,14,18H,12-13,15-17,19H2,1H3,(H,28,29). The molecule has 31 heavy (non-hydrogen) atoms. The van der Waals surface area contributed by atoms with Gasteiger partial charge in [0, 0.05) is 43.3 Å². The van der Waals surface area contributed by atoms with Gasteiger partial charge in [0.1, 0.15) is 5.75 Å². The highest BCUT2D eigenvalue weighted by atomic mass is 16.5. The second-order valence-electron chi connectivity index (χ2n) is 7.96. The molecule has 2 heterocycles. The molecule has 0 unspecified atom stereocenters. The summed E-state index contributed by atoms with van der Waals surface area (Å²) in [5.41, 5.74) is 3.81. The molecule has 4 rings (SSSR count). The minimum atomic E-state index is -0.501. The fourth-order valence-electron chi connectivity index (χ4n) is 4.30. The van der Waals surface area contributed by atoms with Gasteiger partial charge in [0.15, 0.2) is 0 Å². The second kappa shape index (κ2) is 9.75. The van der Waals surface area contributed by atoms with Crippen molar-refractivity contribution in [2.45, 2.75) is 25.8 Å². The van der Waals surface area contributed by atoms with Crippen molar-refractivity contribution in [2.75, 3.05) is 20.3 Å². The van der Waals surface area contributed by atoms with Gasteiger partial charge in [0.05, 0.1) is 12.5 Å². The highest BCUT2D eigenvalue weighted by Crippen LogP contribution is 2.37. The van der Waals surface area contributed by atoms with Gasteiger partial charge >= 0.3 is 0 Å². The smallest absolute Gasteiger partial charge is 0.226 e. The van der Waals surface area contributed by atoms with Crippen molar-refractivity contribution in [2.24, 2.45) is 5.41 Å². The van der Waals surface area contributed by atoms with E-state index in [0.29, 0.717) is 39.0 Å². The van der Waals surface area contributed by atoms with Crippen LogP contribution >= 0.6 is 0 Å². The number of methoxy groups -OCH3 is 1. The van der Waals surface area contributed by atoms with Crippen LogP contribution in [0.25, 0.3) is 11.1 Å². The fraction of sp³-hybridized carbons (Fsp3) is 0.308. The van der Waals surface area contributed by atoms with Crippen LogP contribution in [0.15, 0.2) is 73.1 Å². The van der Waals surface area contributed by atoms with E-state index in [4.69, 9.17) is 9.47 Å². The zero-order valence-electron chi connectivity index (χ0n) is 17.8. The number of nitrogens with one attached hydrogen (secondary N) is 1. The molecule has 2 aromatic carbocycles. The third kappa shape index (κ3) is 4.78. The maximum Gasteiger partial charge on any atom is 0.226 e. The summed E-state index contributed by atoms with van der Waals surface area (Å²) in [7, 11) is 1.65. The van der Waals surface area contributed by atoms with Crippen LogP contribution in [0.1, 0.15) is 24.0 Å². The Kier molecular flexibility index (Phi) is 6.63. The predicted molar refractivity (Wildman–Crippen MR) is 121 cm³/mol. The van der Waals surface area contributed by atoms with Crippen molar-refractivity contribution >= 4 is 5.91 Å². The van der Waals surface area contributed by atoms with E-state index >= 15 is 0 Å². The normalized spacial score (nSPS) is 15.3. The molecule has 3 aromatic rings. The fourth-order valence-corrected chi connectivity index (χ4v) is 4.30. The lowest BCUT2D eigenvalue weighted by atomic mass is 9.73. The van der Waals surface area contributed by atoms with Crippen LogP contribution < -0.4 is 10.1 Å². The maximum atomic E-state index is 13.5. The molecule has 1 aliphatic heterocycles. The van der Waals surface area contributed by atoms with Crippen LogP contribution in [-0.4, -0.2) is 31.2 Å². The quantitative estimate of drug-likeness (QED) is 0.620. The topological polar surface area (TPSA) is 60.5 Å². The van der Waals surface area contributed by atoms with Crippen molar-refractivity contribution < 1.29 is 14.3 Å². The van der Waals surface area contributed by atoms with Crippen molar-refractivity contribution in [1.29, 1.82) is 0 Å². The van der Waals surface area contributed by atoms with E-state index in [0.717, 1.165) is 28.0 Å². The Bertz CT molecular complexity index is 1010. The number of benzene rings is 2. The number of rotatable bonds is 7. The SMILES string of the molecule is COc1ccccc1CNC(=O)C1(Cc2ccccc2-c2cccnc2)CCOCC1. The van der Waals surface area contributed by atoms with Crippen molar-refractivity contribution in [3.05, 3.63) is 84.2 Å². The number of hydrogen-bond acceptors (Lipinski definition) is 4. The molecule has 0 spiro atoms.